The molecule has 1 saturated carbocycles. The molecular formula is C19H20FN5O. The van der Waals surface area contributed by atoms with Crippen molar-refractivity contribution in [2.24, 2.45) is 16.1 Å². The molecule has 1 aliphatic carbocycles. The number of amides is 1. The quantitative estimate of drug-likeness (QED) is 0.883. The van der Waals surface area contributed by atoms with Gasteiger partial charge in [0.2, 0.25) is 5.91 Å². The van der Waals surface area contributed by atoms with Gasteiger partial charge in [0, 0.05) is 24.5 Å². The lowest BCUT2D eigenvalue weighted by atomic mass is 9.92. The fourth-order valence-electron chi connectivity index (χ4n) is 3.73. The first-order valence-electron chi connectivity index (χ1n) is 8.45. The number of nitrogens with one attached hydrogen (secondary N) is 1. The molecule has 7 heteroatoms. The van der Waals surface area contributed by atoms with E-state index < -0.39 is 11.0 Å². The van der Waals surface area contributed by atoms with E-state index in [1.54, 1.807) is 25.4 Å². The maximum Gasteiger partial charge on any atom is 0.237 e. The Bertz CT molecular complexity index is 915. The smallest absolute Gasteiger partial charge is 0.237 e. The summed E-state index contributed by atoms with van der Waals surface area (Å²) >= 11 is 0. The van der Waals surface area contributed by atoms with Crippen LogP contribution in [0.15, 0.2) is 47.6 Å². The lowest BCUT2D eigenvalue weighted by Gasteiger charge is -2.30. The number of hydrogen-bond acceptors (Lipinski definition) is 5. The van der Waals surface area contributed by atoms with E-state index >= 15 is 0 Å². The molecule has 2 atom stereocenters. The van der Waals surface area contributed by atoms with Gasteiger partial charge in [0.05, 0.1) is 17.7 Å². The minimum absolute atomic E-state index is 0.122. The topological polar surface area (TPSA) is 83.6 Å². The van der Waals surface area contributed by atoms with Crippen LogP contribution < -0.4 is 11.1 Å². The first-order valence-corrected chi connectivity index (χ1v) is 8.45. The Morgan fingerprint density at radius 2 is 2.15 bits per heavy atom. The Morgan fingerprint density at radius 3 is 2.88 bits per heavy atom. The number of nitrogens with zero attached hydrogens (tertiary/aromatic N) is 3. The van der Waals surface area contributed by atoms with E-state index in [0.29, 0.717) is 18.5 Å². The predicted octanol–water partition coefficient (Wildman–Crippen LogP) is 2.22. The monoisotopic (exact) mass is 353 g/mol. The molecule has 3 N–H and O–H groups in total. The van der Waals surface area contributed by atoms with E-state index in [9.17, 15) is 9.18 Å². The molecular weight excluding hydrogens is 333 g/mol. The highest BCUT2D eigenvalue weighted by atomic mass is 19.1. The van der Waals surface area contributed by atoms with Crippen LogP contribution in [0.1, 0.15) is 24.6 Å². The van der Waals surface area contributed by atoms with Crippen molar-refractivity contribution in [1.29, 1.82) is 0 Å². The summed E-state index contributed by atoms with van der Waals surface area (Å²) in [6.07, 6.45) is 2.17. The lowest BCUT2D eigenvalue weighted by Crippen LogP contribution is -2.48. The molecule has 0 saturated heterocycles. The standard InChI is InChI=1S/C19H20FN5O/c1-18-11-19(18,24-17(21)25(2)16(18)26)14-9-12(6-7-15(14)20)23-10-13-5-3-4-8-22-13/h3-9,23H,10-11H2,1-2H3,(H2,21,24)/t18?,19-/m1/s1. The molecule has 1 fully saturated rings. The maximum absolute atomic E-state index is 14.6. The Labute approximate surface area is 150 Å². The SMILES string of the molecule is CN1C(=O)C2(C)C[C@]2(c2cc(NCc3ccccn3)ccc2F)N=C1N. The van der Waals surface area contributed by atoms with Gasteiger partial charge < -0.3 is 11.1 Å². The predicted molar refractivity (Wildman–Crippen MR) is 96.8 cm³/mol. The van der Waals surface area contributed by atoms with Gasteiger partial charge in [-0.3, -0.25) is 14.7 Å². The van der Waals surface area contributed by atoms with Crippen LogP contribution in [0.5, 0.6) is 0 Å². The average Bonchev–Trinajstić information content (AvgIpc) is 3.27. The van der Waals surface area contributed by atoms with Crippen LogP contribution in [-0.4, -0.2) is 28.8 Å². The van der Waals surface area contributed by atoms with Gasteiger partial charge in [-0.05, 0) is 43.7 Å². The largest absolute Gasteiger partial charge is 0.379 e. The number of rotatable bonds is 4. The second-order valence-electron chi connectivity index (χ2n) is 7.07. The molecule has 2 aromatic rings. The maximum atomic E-state index is 14.6. The lowest BCUT2D eigenvalue weighted by molar-refractivity contribution is -0.132. The van der Waals surface area contributed by atoms with E-state index in [4.69, 9.17) is 5.73 Å². The molecule has 0 spiro atoms. The molecule has 1 aliphatic heterocycles. The summed E-state index contributed by atoms with van der Waals surface area (Å²) in [6, 6.07) is 10.5. The summed E-state index contributed by atoms with van der Waals surface area (Å²) in [5, 5.41) is 3.24. The zero-order valence-electron chi connectivity index (χ0n) is 14.7. The minimum atomic E-state index is -0.923. The van der Waals surface area contributed by atoms with Gasteiger partial charge in [-0.1, -0.05) is 6.07 Å². The normalized spacial score (nSPS) is 27.0. The highest BCUT2D eigenvalue weighted by molar-refractivity contribution is 6.04. The van der Waals surface area contributed by atoms with Crippen molar-refractivity contribution < 1.29 is 9.18 Å². The van der Waals surface area contributed by atoms with Crippen LogP contribution in [0, 0.1) is 11.2 Å². The number of pyridine rings is 1. The Morgan fingerprint density at radius 1 is 1.35 bits per heavy atom. The van der Waals surface area contributed by atoms with Crippen LogP contribution in [0.4, 0.5) is 10.1 Å². The molecule has 1 unspecified atom stereocenters. The van der Waals surface area contributed by atoms with Crippen LogP contribution in [0.3, 0.4) is 0 Å². The van der Waals surface area contributed by atoms with Crippen molar-refractivity contribution in [3.8, 4) is 0 Å². The number of benzene rings is 1. The number of hydrogen-bond donors (Lipinski definition) is 2. The van der Waals surface area contributed by atoms with Gasteiger partial charge in [0.15, 0.2) is 5.96 Å². The third-order valence-electron chi connectivity index (χ3n) is 5.43. The van der Waals surface area contributed by atoms with Crippen molar-refractivity contribution in [2.45, 2.75) is 25.4 Å². The molecule has 2 heterocycles. The highest BCUT2D eigenvalue weighted by Gasteiger charge is 2.74. The number of anilines is 1. The molecule has 1 aromatic carbocycles. The molecule has 1 aromatic heterocycles. The second-order valence-corrected chi connectivity index (χ2v) is 7.07. The van der Waals surface area contributed by atoms with Crippen molar-refractivity contribution >= 4 is 17.6 Å². The summed E-state index contributed by atoms with van der Waals surface area (Å²) in [5.74, 6) is -0.390. The molecule has 134 valence electrons. The van der Waals surface area contributed by atoms with Gasteiger partial charge in [-0.15, -0.1) is 0 Å². The zero-order chi connectivity index (χ0) is 18.5. The van der Waals surface area contributed by atoms with E-state index in [0.717, 1.165) is 11.4 Å². The number of fused-ring (bicyclic) bond motifs is 1. The molecule has 0 radical (unpaired) electrons. The van der Waals surface area contributed by atoms with Crippen molar-refractivity contribution in [2.75, 3.05) is 12.4 Å². The number of nitrogens with two attached hydrogens (primary N) is 1. The summed E-state index contributed by atoms with van der Waals surface area (Å²) in [7, 11) is 1.59. The number of aliphatic imine (C=N–C) groups is 1. The fourth-order valence-corrected chi connectivity index (χ4v) is 3.73. The fraction of sp³-hybridized carbons (Fsp3) is 0.316. The molecule has 0 bridgehead atoms. The van der Waals surface area contributed by atoms with Crippen molar-refractivity contribution in [3.05, 3.63) is 59.7 Å². The summed E-state index contributed by atoms with van der Waals surface area (Å²) in [4.78, 5) is 22.7. The van der Waals surface area contributed by atoms with E-state index in [1.807, 2.05) is 25.1 Å². The van der Waals surface area contributed by atoms with Crippen molar-refractivity contribution in [1.82, 2.24) is 9.88 Å². The average molecular weight is 353 g/mol. The summed E-state index contributed by atoms with van der Waals surface area (Å²) in [5.41, 5.74) is 6.24. The second kappa shape index (κ2) is 5.52. The first-order chi connectivity index (χ1) is 12.4. The molecule has 4 rings (SSSR count). The highest BCUT2D eigenvalue weighted by Crippen LogP contribution is 2.68. The van der Waals surface area contributed by atoms with Crippen molar-refractivity contribution in [3.63, 3.8) is 0 Å². The summed E-state index contributed by atoms with van der Waals surface area (Å²) < 4.78 is 14.6. The zero-order valence-corrected chi connectivity index (χ0v) is 14.7. The Kier molecular flexibility index (Phi) is 3.50. The molecule has 6 nitrogen and oxygen atoms in total. The van der Waals surface area contributed by atoms with Gasteiger partial charge in [0.1, 0.15) is 11.4 Å². The van der Waals surface area contributed by atoms with E-state index in [1.165, 1.54) is 11.0 Å². The van der Waals surface area contributed by atoms with Gasteiger partial charge >= 0.3 is 0 Å². The number of carbonyl (C=O) groups excluding carboxylic acids is 1. The van der Waals surface area contributed by atoms with E-state index in [-0.39, 0.29) is 17.7 Å². The van der Waals surface area contributed by atoms with Gasteiger partial charge in [-0.2, -0.15) is 0 Å². The number of guanidine groups is 1. The first kappa shape index (κ1) is 16.5. The third-order valence-corrected chi connectivity index (χ3v) is 5.43. The van der Waals surface area contributed by atoms with Crippen LogP contribution >= 0.6 is 0 Å². The Balaban J connectivity index is 1.67. The minimum Gasteiger partial charge on any atom is -0.379 e. The van der Waals surface area contributed by atoms with Gasteiger partial charge in [0.25, 0.3) is 0 Å². The van der Waals surface area contributed by atoms with Crippen LogP contribution in [-0.2, 0) is 16.9 Å². The third kappa shape index (κ3) is 2.27. The number of carbonyl (C=O) groups is 1. The van der Waals surface area contributed by atoms with Crippen LogP contribution in [0.2, 0.25) is 0 Å². The van der Waals surface area contributed by atoms with Gasteiger partial charge in [-0.25, -0.2) is 9.38 Å². The molecule has 2 aliphatic rings. The Hall–Kier alpha value is -2.96. The molecule has 1 amide bonds. The number of halogens is 1. The molecule has 26 heavy (non-hydrogen) atoms. The number of aromatic nitrogens is 1. The van der Waals surface area contributed by atoms with E-state index in [2.05, 4.69) is 15.3 Å². The van der Waals surface area contributed by atoms with Crippen LogP contribution in [0.25, 0.3) is 0 Å². The summed E-state index contributed by atoms with van der Waals surface area (Å²) in [6.45, 7) is 2.33.